The Bertz CT molecular complexity index is 773. The maximum atomic E-state index is 12.1. The lowest BCUT2D eigenvalue weighted by molar-refractivity contribution is -0.116. The van der Waals surface area contributed by atoms with Crippen molar-refractivity contribution in [3.05, 3.63) is 35.1 Å². The summed E-state index contributed by atoms with van der Waals surface area (Å²) in [7, 11) is 5.59. The van der Waals surface area contributed by atoms with Crippen LogP contribution in [0.5, 0.6) is 5.75 Å². The zero-order valence-electron chi connectivity index (χ0n) is 15.3. The number of amides is 1. The molecule has 0 aliphatic rings. The van der Waals surface area contributed by atoms with Gasteiger partial charge in [-0.3, -0.25) is 4.79 Å². The first-order valence-electron chi connectivity index (χ1n) is 8.01. The van der Waals surface area contributed by atoms with Gasteiger partial charge < -0.3 is 19.4 Å². The van der Waals surface area contributed by atoms with Gasteiger partial charge >= 0.3 is 0 Å². The van der Waals surface area contributed by atoms with Gasteiger partial charge in [-0.15, -0.1) is 0 Å². The van der Waals surface area contributed by atoms with E-state index >= 15 is 0 Å². The maximum Gasteiger partial charge on any atom is 0.244 e. The van der Waals surface area contributed by atoms with E-state index in [9.17, 15) is 4.79 Å². The van der Waals surface area contributed by atoms with Crippen LogP contribution in [0.15, 0.2) is 22.8 Å². The van der Waals surface area contributed by atoms with Crippen LogP contribution in [0.2, 0.25) is 0 Å². The lowest BCUT2D eigenvalue weighted by Gasteiger charge is -2.13. The zero-order chi connectivity index (χ0) is 17.9. The second-order valence-electron chi connectivity index (χ2n) is 6.30. The van der Waals surface area contributed by atoms with Crippen LogP contribution in [0.25, 0.3) is 16.5 Å². The Morgan fingerprint density at radius 3 is 2.71 bits per heavy atom. The van der Waals surface area contributed by atoms with Gasteiger partial charge in [0.05, 0.1) is 13.4 Å². The minimum Gasteiger partial charge on any atom is -0.496 e. The fourth-order valence-corrected chi connectivity index (χ4v) is 2.72. The van der Waals surface area contributed by atoms with E-state index in [1.807, 2.05) is 45.8 Å². The van der Waals surface area contributed by atoms with Crippen LogP contribution >= 0.6 is 0 Å². The standard InChI is InChI=1S/C19H26N2O3/c1-12(9-17(22)20-7-8-21(4)5)15-10-16-13(2)11-24-19(16)14(3)18(15)23-6/h9-11H,7-8H2,1-6H3,(H,20,22)/b12-9+. The number of carbonyl (C=O) groups excluding carboxylic acids is 1. The van der Waals surface area contributed by atoms with Crippen molar-refractivity contribution in [2.45, 2.75) is 20.8 Å². The van der Waals surface area contributed by atoms with Gasteiger partial charge in [0.25, 0.3) is 0 Å². The average Bonchev–Trinajstić information content (AvgIpc) is 2.88. The number of nitrogens with one attached hydrogen (secondary N) is 1. The Labute approximate surface area is 143 Å². The highest BCUT2D eigenvalue weighted by atomic mass is 16.5. The molecule has 1 aromatic carbocycles. The number of hydrogen-bond donors (Lipinski definition) is 1. The number of nitrogens with zero attached hydrogens (tertiary/aromatic N) is 1. The molecule has 1 heterocycles. The summed E-state index contributed by atoms with van der Waals surface area (Å²) in [6.45, 7) is 7.32. The predicted octanol–water partition coefficient (Wildman–Crippen LogP) is 3.14. The molecule has 2 rings (SSSR count). The number of ether oxygens (including phenoxy) is 1. The van der Waals surface area contributed by atoms with Gasteiger partial charge in [-0.25, -0.2) is 0 Å². The number of methoxy groups -OCH3 is 1. The van der Waals surface area contributed by atoms with Crippen molar-refractivity contribution >= 4 is 22.4 Å². The van der Waals surface area contributed by atoms with Gasteiger partial charge in [0.15, 0.2) is 0 Å². The molecule has 0 radical (unpaired) electrons. The van der Waals surface area contributed by atoms with E-state index < -0.39 is 0 Å². The molecule has 0 fully saturated rings. The van der Waals surface area contributed by atoms with Crippen LogP contribution < -0.4 is 10.1 Å². The molecule has 0 atom stereocenters. The van der Waals surface area contributed by atoms with Crippen molar-refractivity contribution in [1.82, 2.24) is 10.2 Å². The molecule has 0 saturated carbocycles. The Morgan fingerprint density at radius 2 is 2.08 bits per heavy atom. The smallest absolute Gasteiger partial charge is 0.244 e. The number of fused-ring (bicyclic) bond motifs is 1. The number of rotatable bonds is 6. The van der Waals surface area contributed by atoms with Crippen molar-refractivity contribution in [2.75, 3.05) is 34.3 Å². The maximum absolute atomic E-state index is 12.1. The quantitative estimate of drug-likeness (QED) is 0.827. The van der Waals surface area contributed by atoms with Gasteiger partial charge in [-0.1, -0.05) is 0 Å². The molecule has 0 unspecified atom stereocenters. The van der Waals surface area contributed by atoms with Crippen LogP contribution in [-0.4, -0.2) is 45.1 Å². The third-order valence-electron chi connectivity index (χ3n) is 4.07. The summed E-state index contributed by atoms with van der Waals surface area (Å²) in [6.07, 6.45) is 3.36. The topological polar surface area (TPSA) is 54.7 Å². The lowest BCUT2D eigenvalue weighted by atomic mass is 9.98. The summed E-state index contributed by atoms with van der Waals surface area (Å²) in [6, 6.07) is 2.03. The summed E-state index contributed by atoms with van der Waals surface area (Å²) in [5, 5.41) is 3.94. The number of furan rings is 1. The number of hydrogen-bond acceptors (Lipinski definition) is 4. The summed E-state index contributed by atoms with van der Waals surface area (Å²) < 4.78 is 11.2. The van der Waals surface area contributed by atoms with Crippen LogP contribution in [-0.2, 0) is 4.79 Å². The predicted molar refractivity (Wildman–Crippen MR) is 97.5 cm³/mol. The highest BCUT2D eigenvalue weighted by Gasteiger charge is 2.16. The summed E-state index contributed by atoms with van der Waals surface area (Å²) in [5.41, 5.74) is 4.62. The van der Waals surface area contributed by atoms with Crippen LogP contribution in [0.4, 0.5) is 0 Å². The molecule has 130 valence electrons. The van der Waals surface area contributed by atoms with Crippen molar-refractivity contribution in [1.29, 1.82) is 0 Å². The normalized spacial score (nSPS) is 12.0. The van der Waals surface area contributed by atoms with Gasteiger partial charge in [0.1, 0.15) is 11.3 Å². The summed E-state index contributed by atoms with van der Waals surface area (Å²) >= 11 is 0. The van der Waals surface area contributed by atoms with E-state index in [0.717, 1.165) is 45.5 Å². The molecule has 0 aliphatic carbocycles. The van der Waals surface area contributed by atoms with E-state index in [1.165, 1.54) is 0 Å². The Hall–Kier alpha value is -2.27. The van der Waals surface area contributed by atoms with Crippen molar-refractivity contribution in [3.8, 4) is 5.75 Å². The Morgan fingerprint density at radius 1 is 1.38 bits per heavy atom. The van der Waals surface area contributed by atoms with E-state index in [2.05, 4.69) is 5.32 Å². The molecule has 0 bridgehead atoms. The zero-order valence-corrected chi connectivity index (χ0v) is 15.3. The molecule has 24 heavy (non-hydrogen) atoms. The van der Waals surface area contributed by atoms with E-state index in [4.69, 9.17) is 9.15 Å². The monoisotopic (exact) mass is 330 g/mol. The molecule has 0 spiro atoms. The summed E-state index contributed by atoms with van der Waals surface area (Å²) in [5.74, 6) is 0.643. The fourth-order valence-electron chi connectivity index (χ4n) is 2.72. The van der Waals surface area contributed by atoms with Gasteiger partial charge in [-0.05, 0) is 52.1 Å². The first-order valence-corrected chi connectivity index (χ1v) is 8.01. The van der Waals surface area contributed by atoms with Crippen LogP contribution in [0.1, 0.15) is 23.6 Å². The van der Waals surface area contributed by atoms with E-state index in [0.29, 0.717) is 6.54 Å². The van der Waals surface area contributed by atoms with Crippen molar-refractivity contribution < 1.29 is 13.9 Å². The molecular weight excluding hydrogens is 304 g/mol. The highest BCUT2D eigenvalue weighted by molar-refractivity contribution is 5.98. The summed E-state index contributed by atoms with van der Waals surface area (Å²) in [4.78, 5) is 14.1. The number of likely N-dealkylation sites (N-methyl/N-ethyl adjacent to an activating group) is 1. The molecule has 1 N–H and O–H groups in total. The molecule has 1 aromatic heterocycles. The Kier molecular flexibility index (Phi) is 5.67. The molecular formula is C19H26N2O3. The fraction of sp³-hybridized carbons (Fsp3) is 0.421. The minimum absolute atomic E-state index is 0.0990. The van der Waals surface area contributed by atoms with Crippen molar-refractivity contribution in [3.63, 3.8) is 0 Å². The molecule has 1 amide bonds. The van der Waals surface area contributed by atoms with Crippen LogP contribution in [0.3, 0.4) is 0 Å². The van der Waals surface area contributed by atoms with Crippen molar-refractivity contribution in [2.24, 2.45) is 0 Å². The number of allylic oxidation sites excluding steroid dienone is 1. The van der Waals surface area contributed by atoms with Gasteiger partial charge in [0.2, 0.25) is 5.91 Å². The first kappa shape index (κ1) is 18.1. The molecule has 5 heteroatoms. The largest absolute Gasteiger partial charge is 0.496 e. The third kappa shape index (κ3) is 3.79. The highest BCUT2D eigenvalue weighted by Crippen LogP contribution is 2.37. The van der Waals surface area contributed by atoms with E-state index in [1.54, 1.807) is 19.4 Å². The minimum atomic E-state index is -0.0990. The molecule has 0 aliphatic heterocycles. The number of carbonyl (C=O) groups is 1. The lowest BCUT2D eigenvalue weighted by Crippen LogP contribution is -2.30. The number of aryl methyl sites for hydroxylation is 2. The first-order chi connectivity index (χ1) is 11.3. The molecule has 0 saturated heterocycles. The van der Waals surface area contributed by atoms with Gasteiger partial charge in [0, 0.05) is 35.7 Å². The molecule has 5 nitrogen and oxygen atoms in total. The third-order valence-corrected chi connectivity index (χ3v) is 4.07. The van der Waals surface area contributed by atoms with Gasteiger partial charge in [-0.2, -0.15) is 0 Å². The average molecular weight is 330 g/mol. The van der Waals surface area contributed by atoms with Crippen LogP contribution in [0, 0.1) is 13.8 Å². The van der Waals surface area contributed by atoms with E-state index in [-0.39, 0.29) is 5.91 Å². The molecule has 2 aromatic rings. The number of benzene rings is 1. The second kappa shape index (κ2) is 7.53. The second-order valence-corrected chi connectivity index (χ2v) is 6.30. The Balaban J connectivity index is 2.34. The SMILES string of the molecule is COc1c(/C(C)=C/C(=O)NCCN(C)C)cc2c(C)coc2c1C.